The van der Waals surface area contributed by atoms with E-state index in [1.807, 2.05) is 46.1 Å². The molecule has 0 unspecified atom stereocenters. The van der Waals surface area contributed by atoms with Gasteiger partial charge in [0.2, 0.25) is 11.8 Å². The number of carbonyl (C=O) groups is 1. The first-order valence-electron chi connectivity index (χ1n) is 11.8. The Hall–Kier alpha value is -4.12. The lowest BCUT2D eigenvalue weighted by molar-refractivity contribution is 0.0921. The van der Waals surface area contributed by atoms with Crippen molar-refractivity contribution >= 4 is 17.5 Å². The van der Waals surface area contributed by atoms with Gasteiger partial charge in [0.25, 0.3) is 11.7 Å². The van der Waals surface area contributed by atoms with Gasteiger partial charge in [-0.1, -0.05) is 38.1 Å². The molecular formula is C25H29N9O2. The SMILES string of the molecule is Cn1cc(Nc2nccc(-c3ccc4c(c3)CNCC[C@H]4NC(=O)c3noc(C(C)(C)C)n3)n2)cn1. The zero-order valence-corrected chi connectivity index (χ0v) is 20.7. The monoisotopic (exact) mass is 487 g/mol. The average molecular weight is 488 g/mol. The fourth-order valence-corrected chi connectivity index (χ4v) is 4.07. The Balaban J connectivity index is 1.36. The predicted molar refractivity (Wildman–Crippen MR) is 133 cm³/mol. The molecule has 0 saturated carbocycles. The molecule has 1 amide bonds. The second kappa shape index (κ2) is 9.50. The molecule has 36 heavy (non-hydrogen) atoms. The fourth-order valence-electron chi connectivity index (χ4n) is 4.07. The standard InChI is InChI=1S/C25H29N9O2/c1-25(2,3)23-32-21(33-36-23)22(35)30-20-7-9-26-12-16-11-15(5-6-18(16)20)19-8-10-27-24(31-19)29-17-13-28-34(4)14-17/h5-6,8,10-11,13-14,20,26H,7,9,12H2,1-4H3,(H,30,35)(H,27,29,31)/t20-/m1/s1. The number of benzene rings is 1. The van der Waals surface area contributed by atoms with E-state index in [2.05, 4.69) is 53.3 Å². The van der Waals surface area contributed by atoms with E-state index in [1.54, 1.807) is 17.1 Å². The van der Waals surface area contributed by atoms with Crippen molar-refractivity contribution in [2.24, 2.45) is 7.05 Å². The molecule has 0 fully saturated rings. The number of nitrogens with one attached hydrogen (secondary N) is 3. The van der Waals surface area contributed by atoms with Crippen molar-refractivity contribution in [2.75, 3.05) is 11.9 Å². The Morgan fingerprint density at radius 3 is 2.83 bits per heavy atom. The van der Waals surface area contributed by atoms with Gasteiger partial charge < -0.3 is 20.5 Å². The second-order valence-corrected chi connectivity index (χ2v) is 9.87. The number of fused-ring (bicyclic) bond motifs is 1. The number of anilines is 2. The number of carbonyl (C=O) groups excluding carboxylic acids is 1. The summed E-state index contributed by atoms with van der Waals surface area (Å²) in [6.07, 6.45) is 6.05. The molecule has 1 atom stereocenters. The van der Waals surface area contributed by atoms with Crippen molar-refractivity contribution in [1.29, 1.82) is 0 Å². The lowest BCUT2D eigenvalue weighted by atomic mass is 9.96. The van der Waals surface area contributed by atoms with Crippen LogP contribution in [0.25, 0.3) is 11.3 Å². The maximum Gasteiger partial charge on any atom is 0.293 e. The van der Waals surface area contributed by atoms with Crippen LogP contribution >= 0.6 is 0 Å². The first-order chi connectivity index (χ1) is 17.3. The van der Waals surface area contributed by atoms with Crippen molar-refractivity contribution in [1.82, 2.24) is 40.5 Å². The van der Waals surface area contributed by atoms with E-state index in [-0.39, 0.29) is 23.2 Å². The molecule has 4 aromatic rings. The third kappa shape index (κ3) is 5.10. The highest BCUT2D eigenvalue weighted by molar-refractivity contribution is 5.90. The molecule has 0 radical (unpaired) electrons. The lowest BCUT2D eigenvalue weighted by Gasteiger charge is -2.19. The zero-order valence-electron chi connectivity index (χ0n) is 20.7. The van der Waals surface area contributed by atoms with E-state index in [1.165, 1.54) is 0 Å². The zero-order chi connectivity index (χ0) is 25.3. The van der Waals surface area contributed by atoms with Crippen LogP contribution in [-0.4, -0.2) is 42.3 Å². The van der Waals surface area contributed by atoms with E-state index in [0.717, 1.165) is 41.0 Å². The Kier molecular flexibility index (Phi) is 6.23. The maximum absolute atomic E-state index is 12.9. The molecule has 11 heteroatoms. The van der Waals surface area contributed by atoms with E-state index in [0.29, 0.717) is 18.4 Å². The molecule has 0 aliphatic carbocycles. The molecule has 1 aromatic carbocycles. The molecule has 3 aromatic heterocycles. The van der Waals surface area contributed by atoms with Crippen LogP contribution in [0.1, 0.15) is 60.9 Å². The van der Waals surface area contributed by atoms with Crippen LogP contribution < -0.4 is 16.0 Å². The van der Waals surface area contributed by atoms with Gasteiger partial charge in [-0.3, -0.25) is 9.48 Å². The van der Waals surface area contributed by atoms with Gasteiger partial charge in [0.15, 0.2) is 0 Å². The second-order valence-electron chi connectivity index (χ2n) is 9.87. The quantitative estimate of drug-likeness (QED) is 0.387. The highest BCUT2D eigenvalue weighted by Crippen LogP contribution is 2.29. The highest BCUT2D eigenvalue weighted by Gasteiger charge is 2.27. The van der Waals surface area contributed by atoms with Crippen molar-refractivity contribution in [2.45, 2.75) is 45.2 Å². The molecule has 5 rings (SSSR count). The molecule has 186 valence electrons. The number of amides is 1. The summed E-state index contributed by atoms with van der Waals surface area (Å²) in [5.74, 6) is 0.624. The van der Waals surface area contributed by atoms with Crippen LogP contribution in [0.15, 0.2) is 47.4 Å². The summed E-state index contributed by atoms with van der Waals surface area (Å²) in [4.78, 5) is 26.2. The van der Waals surface area contributed by atoms with Gasteiger partial charge in [-0.2, -0.15) is 10.1 Å². The Bertz CT molecular complexity index is 1390. The first kappa shape index (κ1) is 23.6. The molecule has 4 heterocycles. The molecule has 1 aliphatic rings. The lowest BCUT2D eigenvalue weighted by Crippen LogP contribution is -2.30. The van der Waals surface area contributed by atoms with Crippen LogP contribution in [0.4, 0.5) is 11.6 Å². The maximum atomic E-state index is 12.9. The summed E-state index contributed by atoms with van der Waals surface area (Å²) in [7, 11) is 1.85. The van der Waals surface area contributed by atoms with Crippen LogP contribution in [-0.2, 0) is 19.0 Å². The van der Waals surface area contributed by atoms with E-state index in [4.69, 9.17) is 4.52 Å². The summed E-state index contributed by atoms with van der Waals surface area (Å²) in [6.45, 7) is 7.34. The number of nitrogens with zero attached hydrogens (tertiary/aromatic N) is 6. The molecule has 0 spiro atoms. The van der Waals surface area contributed by atoms with Crippen molar-refractivity contribution in [3.8, 4) is 11.3 Å². The summed E-state index contributed by atoms with van der Waals surface area (Å²) in [6, 6.07) is 7.88. The number of hydrogen-bond donors (Lipinski definition) is 3. The van der Waals surface area contributed by atoms with Crippen molar-refractivity contribution < 1.29 is 9.32 Å². The Morgan fingerprint density at radius 1 is 1.22 bits per heavy atom. The summed E-state index contributed by atoms with van der Waals surface area (Å²) < 4.78 is 7.00. The Morgan fingerprint density at radius 2 is 2.08 bits per heavy atom. The minimum Gasteiger partial charge on any atom is -0.342 e. The smallest absolute Gasteiger partial charge is 0.293 e. The van der Waals surface area contributed by atoms with Crippen LogP contribution in [0.2, 0.25) is 0 Å². The number of hydrogen-bond acceptors (Lipinski definition) is 9. The minimum absolute atomic E-state index is 0.0462. The topological polar surface area (TPSA) is 136 Å². The number of aryl methyl sites for hydroxylation is 1. The third-order valence-electron chi connectivity index (χ3n) is 5.93. The van der Waals surface area contributed by atoms with Gasteiger partial charge in [-0.25, -0.2) is 9.97 Å². The van der Waals surface area contributed by atoms with Gasteiger partial charge >= 0.3 is 0 Å². The molecule has 11 nitrogen and oxygen atoms in total. The first-order valence-corrected chi connectivity index (χ1v) is 11.8. The van der Waals surface area contributed by atoms with Crippen LogP contribution in [0, 0.1) is 0 Å². The molecule has 3 N–H and O–H groups in total. The molecule has 1 aliphatic heterocycles. The van der Waals surface area contributed by atoms with Gasteiger partial charge in [-0.15, -0.1) is 0 Å². The molecular weight excluding hydrogens is 458 g/mol. The fraction of sp³-hybridized carbons (Fsp3) is 0.360. The van der Waals surface area contributed by atoms with Gasteiger partial charge in [0.05, 0.1) is 23.6 Å². The normalized spacial score (nSPS) is 15.7. The number of aromatic nitrogens is 6. The van der Waals surface area contributed by atoms with Crippen LogP contribution in [0.5, 0.6) is 0 Å². The average Bonchev–Trinajstić information content (AvgIpc) is 3.46. The van der Waals surface area contributed by atoms with Gasteiger partial charge in [-0.05, 0) is 36.2 Å². The van der Waals surface area contributed by atoms with E-state index < -0.39 is 0 Å². The Labute approximate surface area is 208 Å². The third-order valence-corrected chi connectivity index (χ3v) is 5.93. The van der Waals surface area contributed by atoms with E-state index >= 15 is 0 Å². The van der Waals surface area contributed by atoms with Gasteiger partial charge in [0.1, 0.15) is 0 Å². The van der Waals surface area contributed by atoms with E-state index in [9.17, 15) is 4.79 Å². The minimum atomic E-state index is -0.349. The van der Waals surface area contributed by atoms with Crippen LogP contribution in [0.3, 0.4) is 0 Å². The molecule has 0 bridgehead atoms. The van der Waals surface area contributed by atoms with Gasteiger partial charge in [0, 0.05) is 37.0 Å². The largest absolute Gasteiger partial charge is 0.342 e. The molecule has 0 saturated heterocycles. The number of rotatable bonds is 5. The highest BCUT2D eigenvalue weighted by atomic mass is 16.5. The summed E-state index contributed by atoms with van der Waals surface area (Å²) in [5, 5.41) is 17.7. The van der Waals surface area contributed by atoms with Crippen molar-refractivity contribution in [3.05, 3.63) is 65.7 Å². The predicted octanol–water partition coefficient (Wildman–Crippen LogP) is 3.27. The van der Waals surface area contributed by atoms with Crippen molar-refractivity contribution in [3.63, 3.8) is 0 Å². The summed E-state index contributed by atoms with van der Waals surface area (Å²) >= 11 is 0. The summed E-state index contributed by atoms with van der Waals surface area (Å²) in [5.41, 5.74) is 4.40.